The first-order chi connectivity index (χ1) is 13.4. The van der Waals surface area contributed by atoms with Gasteiger partial charge in [-0.25, -0.2) is 0 Å². The Balaban J connectivity index is 1.49. The molecule has 154 valence electrons. The fourth-order valence-electron chi connectivity index (χ4n) is 5.90. The van der Waals surface area contributed by atoms with Crippen LogP contribution in [0.1, 0.15) is 38.7 Å². The van der Waals surface area contributed by atoms with Gasteiger partial charge in [0.1, 0.15) is 0 Å². The van der Waals surface area contributed by atoms with Crippen LogP contribution in [0.5, 0.6) is 0 Å². The molecule has 1 aromatic heterocycles. The summed E-state index contributed by atoms with van der Waals surface area (Å²) in [6, 6.07) is 2.04. The van der Waals surface area contributed by atoms with Gasteiger partial charge in [0.05, 0.1) is 11.8 Å². The van der Waals surface area contributed by atoms with Gasteiger partial charge in [0, 0.05) is 51.7 Å². The molecule has 1 atom stereocenters. The van der Waals surface area contributed by atoms with Crippen molar-refractivity contribution in [2.45, 2.75) is 39.5 Å². The minimum atomic E-state index is -0.237. The molecule has 0 radical (unpaired) electrons. The van der Waals surface area contributed by atoms with Crippen molar-refractivity contribution in [3.63, 3.8) is 0 Å². The first kappa shape index (κ1) is 19.9. The van der Waals surface area contributed by atoms with E-state index in [4.69, 9.17) is 0 Å². The molecule has 1 unspecified atom stereocenters. The van der Waals surface area contributed by atoms with Crippen LogP contribution in [0.3, 0.4) is 0 Å². The van der Waals surface area contributed by atoms with Gasteiger partial charge >= 0.3 is 0 Å². The lowest BCUT2D eigenvalue weighted by atomic mass is 9.60. The highest BCUT2D eigenvalue weighted by molar-refractivity contribution is 7.08. The maximum atomic E-state index is 13.3. The van der Waals surface area contributed by atoms with Crippen molar-refractivity contribution in [1.29, 1.82) is 0 Å². The second kappa shape index (κ2) is 7.45. The van der Waals surface area contributed by atoms with Crippen molar-refractivity contribution < 1.29 is 9.59 Å². The highest BCUT2D eigenvalue weighted by atomic mass is 32.1. The molecule has 4 heterocycles. The van der Waals surface area contributed by atoms with Crippen LogP contribution >= 0.6 is 11.3 Å². The van der Waals surface area contributed by atoms with E-state index >= 15 is 0 Å². The Bertz CT molecular complexity index is 724. The van der Waals surface area contributed by atoms with Crippen molar-refractivity contribution in [1.82, 2.24) is 14.7 Å². The largest absolute Gasteiger partial charge is 0.345 e. The zero-order valence-electron chi connectivity index (χ0n) is 17.4. The van der Waals surface area contributed by atoms with E-state index in [2.05, 4.69) is 24.1 Å². The van der Waals surface area contributed by atoms with E-state index < -0.39 is 0 Å². The summed E-state index contributed by atoms with van der Waals surface area (Å²) in [6.07, 6.45) is 3.38. The third-order valence-electron chi connectivity index (χ3n) is 7.30. The lowest BCUT2D eigenvalue weighted by Gasteiger charge is -2.47. The summed E-state index contributed by atoms with van der Waals surface area (Å²) in [5.41, 5.74) is 0.908. The van der Waals surface area contributed by atoms with Gasteiger partial charge in [-0.1, -0.05) is 13.8 Å². The van der Waals surface area contributed by atoms with Crippen LogP contribution in [0.4, 0.5) is 0 Å². The minimum absolute atomic E-state index is 0.0306. The van der Waals surface area contributed by atoms with E-state index in [0.29, 0.717) is 18.2 Å². The number of rotatable bonds is 4. The average molecular weight is 404 g/mol. The van der Waals surface area contributed by atoms with Gasteiger partial charge in [-0.2, -0.15) is 11.3 Å². The summed E-state index contributed by atoms with van der Waals surface area (Å²) in [5.74, 6) is 1.18. The second-order valence-electron chi connectivity index (χ2n) is 9.59. The van der Waals surface area contributed by atoms with Gasteiger partial charge in [-0.3, -0.25) is 9.59 Å². The number of amides is 2. The Morgan fingerprint density at radius 2 is 1.93 bits per heavy atom. The number of hydrogen-bond donors (Lipinski definition) is 0. The molecule has 0 aromatic carbocycles. The summed E-state index contributed by atoms with van der Waals surface area (Å²) in [7, 11) is 1.95. The Labute approximate surface area is 172 Å². The van der Waals surface area contributed by atoms with E-state index in [1.165, 1.54) is 0 Å². The number of carbonyl (C=O) groups excluding carboxylic acids is 2. The molecule has 3 fully saturated rings. The summed E-state index contributed by atoms with van der Waals surface area (Å²) < 4.78 is 0. The number of piperidine rings is 1. The van der Waals surface area contributed by atoms with Gasteiger partial charge in [0.15, 0.2) is 0 Å². The van der Waals surface area contributed by atoms with Crippen molar-refractivity contribution in [2.24, 2.45) is 16.7 Å². The maximum Gasteiger partial charge on any atom is 0.230 e. The first-order valence-corrected chi connectivity index (χ1v) is 11.6. The maximum absolute atomic E-state index is 13.3. The van der Waals surface area contributed by atoms with Crippen LogP contribution in [0.25, 0.3) is 0 Å². The Morgan fingerprint density at radius 1 is 1.18 bits per heavy atom. The number of thiophene rings is 1. The number of carbonyl (C=O) groups is 2. The zero-order chi connectivity index (χ0) is 19.9. The summed E-state index contributed by atoms with van der Waals surface area (Å²) >= 11 is 1.64. The SMILES string of the molecule is CC(C)CN1CC2(CCN(C(=O)Cc3ccsc3)CC2)C2(CCN(C)C2=O)C1. The van der Waals surface area contributed by atoms with Crippen LogP contribution in [-0.4, -0.2) is 72.8 Å². The van der Waals surface area contributed by atoms with Crippen molar-refractivity contribution in [2.75, 3.05) is 46.3 Å². The number of likely N-dealkylation sites (tertiary alicyclic amines) is 3. The lowest BCUT2D eigenvalue weighted by Crippen LogP contribution is -2.53. The van der Waals surface area contributed by atoms with E-state index in [0.717, 1.165) is 64.1 Å². The molecule has 6 heteroatoms. The molecule has 5 nitrogen and oxygen atoms in total. The topological polar surface area (TPSA) is 43.9 Å². The van der Waals surface area contributed by atoms with Crippen LogP contribution < -0.4 is 0 Å². The normalized spacial score (nSPS) is 27.6. The molecule has 0 N–H and O–H groups in total. The molecule has 0 aliphatic carbocycles. The molecular formula is C22H33N3O2S. The molecule has 28 heavy (non-hydrogen) atoms. The number of fused-ring (bicyclic) bond motifs is 1. The molecule has 4 rings (SSSR count). The summed E-state index contributed by atoms with van der Waals surface area (Å²) in [5, 5.41) is 4.09. The molecule has 2 amide bonds. The smallest absolute Gasteiger partial charge is 0.230 e. The molecule has 2 spiro atoms. The third kappa shape index (κ3) is 3.28. The standard InChI is InChI=1S/C22H33N3O2S/c1-17(2)13-24-15-21(22(16-24)7-8-23(3)20(22)27)5-9-25(10-6-21)19(26)12-18-4-11-28-14-18/h4,11,14,17H,5-10,12-13,15-16H2,1-3H3. The average Bonchev–Trinajstić information content (AvgIpc) is 3.33. The monoisotopic (exact) mass is 403 g/mol. The highest BCUT2D eigenvalue weighted by Crippen LogP contribution is 2.57. The lowest BCUT2D eigenvalue weighted by molar-refractivity contribution is -0.143. The van der Waals surface area contributed by atoms with Crippen LogP contribution in [0, 0.1) is 16.7 Å². The van der Waals surface area contributed by atoms with Crippen LogP contribution in [0.2, 0.25) is 0 Å². The van der Waals surface area contributed by atoms with Gasteiger partial charge in [-0.05, 0) is 47.6 Å². The summed E-state index contributed by atoms with van der Waals surface area (Å²) in [4.78, 5) is 32.5. The summed E-state index contributed by atoms with van der Waals surface area (Å²) in [6.45, 7) is 9.93. The van der Waals surface area contributed by atoms with Crippen LogP contribution in [-0.2, 0) is 16.0 Å². The predicted molar refractivity (Wildman–Crippen MR) is 112 cm³/mol. The highest BCUT2D eigenvalue weighted by Gasteiger charge is 2.64. The van der Waals surface area contributed by atoms with Gasteiger partial charge in [-0.15, -0.1) is 0 Å². The van der Waals surface area contributed by atoms with Gasteiger partial charge < -0.3 is 14.7 Å². The third-order valence-corrected chi connectivity index (χ3v) is 8.03. The number of nitrogens with zero attached hydrogens (tertiary/aromatic N) is 3. The van der Waals surface area contributed by atoms with E-state index in [-0.39, 0.29) is 16.7 Å². The molecular weight excluding hydrogens is 370 g/mol. The van der Waals surface area contributed by atoms with Crippen molar-refractivity contribution >= 4 is 23.2 Å². The predicted octanol–water partition coefficient (Wildman–Crippen LogP) is 2.72. The fourth-order valence-corrected chi connectivity index (χ4v) is 6.57. The Hall–Kier alpha value is -1.40. The quantitative estimate of drug-likeness (QED) is 0.776. The molecule has 3 aliphatic heterocycles. The van der Waals surface area contributed by atoms with E-state index in [9.17, 15) is 9.59 Å². The van der Waals surface area contributed by atoms with E-state index in [1.54, 1.807) is 11.3 Å². The zero-order valence-corrected chi connectivity index (χ0v) is 18.3. The molecule has 3 aliphatic rings. The van der Waals surface area contributed by atoms with Crippen molar-refractivity contribution in [3.05, 3.63) is 22.4 Å². The molecule has 3 saturated heterocycles. The molecule has 0 saturated carbocycles. The van der Waals surface area contributed by atoms with Gasteiger partial charge in [0.2, 0.25) is 11.8 Å². The van der Waals surface area contributed by atoms with Crippen molar-refractivity contribution in [3.8, 4) is 0 Å². The second-order valence-corrected chi connectivity index (χ2v) is 10.4. The molecule has 0 bridgehead atoms. The van der Waals surface area contributed by atoms with Gasteiger partial charge in [0.25, 0.3) is 0 Å². The van der Waals surface area contributed by atoms with Crippen LogP contribution in [0.15, 0.2) is 16.8 Å². The fraction of sp³-hybridized carbons (Fsp3) is 0.727. The number of hydrogen-bond acceptors (Lipinski definition) is 4. The Morgan fingerprint density at radius 3 is 2.50 bits per heavy atom. The first-order valence-electron chi connectivity index (χ1n) is 10.6. The Kier molecular flexibility index (Phi) is 5.29. The van der Waals surface area contributed by atoms with E-state index in [1.807, 2.05) is 28.3 Å². The molecule has 1 aromatic rings. The minimum Gasteiger partial charge on any atom is -0.345 e.